The summed E-state index contributed by atoms with van der Waals surface area (Å²) in [4.78, 5) is 36.5. The van der Waals surface area contributed by atoms with Crippen LogP contribution in [0.4, 0.5) is 4.79 Å². The molecule has 1 unspecified atom stereocenters. The molecular formula is C26H30N2O5. The van der Waals surface area contributed by atoms with Crippen LogP contribution >= 0.6 is 0 Å². The Kier molecular flexibility index (Phi) is 6.40. The number of carbonyl (C=O) groups is 3. The van der Waals surface area contributed by atoms with Gasteiger partial charge in [0.25, 0.3) is 0 Å². The molecule has 2 aliphatic carbocycles. The van der Waals surface area contributed by atoms with E-state index in [1.165, 1.54) is 13.8 Å². The molecule has 0 heterocycles. The van der Waals surface area contributed by atoms with Crippen molar-refractivity contribution in [2.45, 2.75) is 57.0 Å². The van der Waals surface area contributed by atoms with Gasteiger partial charge in [-0.15, -0.1) is 0 Å². The van der Waals surface area contributed by atoms with Crippen LogP contribution in [0.15, 0.2) is 48.5 Å². The van der Waals surface area contributed by atoms with Crippen LogP contribution in [0.25, 0.3) is 11.1 Å². The van der Waals surface area contributed by atoms with Crippen LogP contribution in [0.5, 0.6) is 0 Å². The molecular weight excluding hydrogens is 420 g/mol. The van der Waals surface area contributed by atoms with E-state index in [1.807, 2.05) is 24.3 Å². The second-order valence-corrected chi connectivity index (χ2v) is 9.45. The van der Waals surface area contributed by atoms with E-state index in [0.717, 1.165) is 41.5 Å². The number of hydrogen-bond acceptors (Lipinski definition) is 4. The second-order valence-electron chi connectivity index (χ2n) is 9.45. The number of nitrogens with one attached hydrogen (secondary N) is 2. The zero-order valence-electron chi connectivity index (χ0n) is 19.0. The van der Waals surface area contributed by atoms with Crippen LogP contribution in [0.2, 0.25) is 0 Å². The molecule has 2 aromatic rings. The first-order valence-electron chi connectivity index (χ1n) is 11.4. The lowest BCUT2D eigenvalue weighted by Crippen LogP contribution is -2.52. The van der Waals surface area contributed by atoms with Crippen molar-refractivity contribution in [2.75, 3.05) is 6.61 Å². The quantitative estimate of drug-likeness (QED) is 0.563. The summed E-state index contributed by atoms with van der Waals surface area (Å²) in [5.74, 6) is -1.37. The number of rotatable bonds is 8. The Morgan fingerprint density at radius 1 is 1.03 bits per heavy atom. The van der Waals surface area contributed by atoms with Gasteiger partial charge in [0.2, 0.25) is 5.91 Å². The van der Waals surface area contributed by atoms with Crippen molar-refractivity contribution in [2.24, 2.45) is 5.92 Å². The Morgan fingerprint density at radius 3 is 2.12 bits per heavy atom. The Labute approximate surface area is 193 Å². The van der Waals surface area contributed by atoms with E-state index in [0.29, 0.717) is 0 Å². The predicted octanol–water partition coefficient (Wildman–Crippen LogP) is 4.06. The summed E-state index contributed by atoms with van der Waals surface area (Å²) in [7, 11) is 0. The molecule has 3 N–H and O–H groups in total. The minimum atomic E-state index is -1.37. The number of hydrogen-bond donors (Lipinski definition) is 3. The number of carboxylic acids is 1. The monoisotopic (exact) mass is 450 g/mol. The molecule has 0 spiro atoms. The smallest absolute Gasteiger partial charge is 0.407 e. The van der Waals surface area contributed by atoms with Gasteiger partial charge in [-0.2, -0.15) is 0 Å². The van der Waals surface area contributed by atoms with Crippen molar-refractivity contribution in [1.82, 2.24) is 10.6 Å². The van der Waals surface area contributed by atoms with E-state index in [1.54, 1.807) is 0 Å². The van der Waals surface area contributed by atoms with Crippen molar-refractivity contribution in [3.8, 4) is 11.1 Å². The number of fused-ring (bicyclic) bond motifs is 3. The molecule has 174 valence electrons. The lowest BCUT2D eigenvalue weighted by Gasteiger charge is -2.34. The van der Waals surface area contributed by atoms with Crippen LogP contribution in [0.3, 0.4) is 0 Å². The average Bonchev–Trinajstić information content (AvgIpc) is 3.04. The SMILES string of the molecule is CC(C)(NC(=O)CC(NC(=O)OCC1c2ccccc2-c2ccccc21)C1CCC1)C(=O)O. The lowest BCUT2D eigenvalue weighted by molar-refractivity contribution is -0.146. The third-order valence-corrected chi connectivity index (χ3v) is 6.76. The van der Waals surface area contributed by atoms with E-state index >= 15 is 0 Å². The van der Waals surface area contributed by atoms with Crippen molar-refractivity contribution in [3.63, 3.8) is 0 Å². The Balaban J connectivity index is 1.39. The standard InChI is InChI=1S/C26H30N2O5/c1-26(2,24(30)31)28-23(29)14-22(16-8-7-9-16)27-25(32)33-15-21-19-12-5-3-10-17(19)18-11-4-6-13-20(18)21/h3-6,10-13,16,21-22H,7-9,14-15H2,1-2H3,(H,27,32)(H,28,29)(H,30,31). The first-order chi connectivity index (χ1) is 15.8. The van der Waals surface area contributed by atoms with Gasteiger partial charge in [0.1, 0.15) is 12.1 Å². The lowest BCUT2D eigenvalue weighted by atomic mass is 9.78. The highest BCUT2D eigenvalue weighted by Crippen LogP contribution is 2.44. The number of carbonyl (C=O) groups excluding carboxylic acids is 2. The Morgan fingerprint density at radius 2 is 1.61 bits per heavy atom. The fourth-order valence-electron chi connectivity index (χ4n) is 4.62. The summed E-state index contributed by atoms with van der Waals surface area (Å²) in [6.45, 7) is 3.07. The minimum Gasteiger partial charge on any atom is -0.480 e. The molecule has 0 aliphatic heterocycles. The summed E-state index contributed by atoms with van der Waals surface area (Å²) in [5, 5.41) is 14.6. The maximum absolute atomic E-state index is 12.7. The van der Waals surface area contributed by atoms with E-state index in [9.17, 15) is 19.5 Å². The largest absolute Gasteiger partial charge is 0.480 e. The van der Waals surface area contributed by atoms with Crippen LogP contribution < -0.4 is 10.6 Å². The third kappa shape index (κ3) is 4.87. The topological polar surface area (TPSA) is 105 Å². The molecule has 0 aromatic heterocycles. The summed E-state index contributed by atoms with van der Waals surface area (Å²) in [6.07, 6.45) is 2.36. The highest BCUT2D eigenvalue weighted by molar-refractivity contribution is 5.86. The fourth-order valence-corrected chi connectivity index (χ4v) is 4.62. The summed E-state index contributed by atoms with van der Waals surface area (Å²) >= 11 is 0. The number of alkyl carbamates (subject to hydrolysis) is 1. The molecule has 33 heavy (non-hydrogen) atoms. The number of aliphatic carboxylic acids is 1. The molecule has 1 atom stereocenters. The molecule has 7 heteroatoms. The molecule has 1 fully saturated rings. The zero-order valence-corrected chi connectivity index (χ0v) is 19.0. The Bertz CT molecular complexity index is 1010. The minimum absolute atomic E-state index is 0.0194. The molecule has 4 rings (SSSR count). The molecule has 2 aliphatic rings. The van der Waals surface area contributed by atoms with Gasteiger partial charge < -0.3 is 20.5 Å². The number of amides is 2. The van der Waals surface area contributed by atoms with Gasteiger partial charge in [-0.05, 0) is 54.9 Å². The summed E-state index contributed by atoms with van der Waals surface area (Å²) < 4.78 is 5.63. The maximum Gasteiger partial charge on any atom is 0.407 e. The van der Waals surface area contributed by atoms with Gasteiger partial charge in [0.15, 0.2) is 0 Å². The molecule has 2 aromatic carbocycles. The maximum atomic E-state index is 12.7. The molecule has 1 saturated carbocycles. The van der Waals surface area contributed by atoms with Gasteiger partial charge in [0, 0.05) is 18.4 Å². The van der Waals surface area contributed by atoms with E-state index in [2.05, 4.69) is 34.9 Å². The first kappa shape index (κ1) is 22.8. The van der Waals surface area contributed by atoms with Crippen LogP contribution in [0, 0.1) is 5.92 Å². The Hall–Kier alpha value is -3.35. The highest BCUT2D eigenvalue weighted by Gasteiger charge is 2.35. The van der Waals surface area contributed by atoms with E-state index in [4.69, 9.17) is 4.74 Å². The number of benzene rings is 2. The van der Waals surface area contributed by atoms with Gasteiger partial charge in [-0.25, -0.2) is 9.59 Å². The van der Waals surface area contributed by atoms with E-state index < -0.39 is 23.5 Å². The van der Waals surface area contributed by atoms with Crippen molar-refractivity contribution in [3.05, 3.63) is 59.7 Å². The van der Waals surface area contributed by atoms with Crippen molar-refractivity contribution in [1.29, 1.82) is 0 Å². The van der Waals surface area contributed by atoms with Crippen LogP contribution in [-0.2, 0) is 14.3 Å². The fraction of sp³-hybridized carbons (Fsp3) is 0.423. The second kappa shape index (κ2) is 9.25. The number of ether oxygens (including phenoxy) is 1. The van der Waals surface area contributed by atoms with Gasteiger partial charge >= 0.3 is 12.1 Å². The molecule has 7 nitrogen and oxygen atoms in total. The first-order valence-corrected chi connectivity index (χ1v) is 11.4. The van der Waals surface area contributed by atoms with E-state index in [-0.39, 0.29) is 30.9 Å². The predicted molar refractivity (Wildman–Crippen MR) is 124 cm³/mol. The van der Waals surface area contributed by atoms with Crippen molar-refractivity contribution < 1.29 is 24.2 Å². The molecule has 2 amide bonds. The van der Waals surface area contributed by atoms with Crippen LogP contribution in [0.1, 0.15) is 56.6 Å². The third-order valence-electron chi connectivity index (χ3n) is 6.76. The molecule has 0 radical (unpaired) electrons. The zero-order chi connectivity index (χ0) is 23.6. The number of carboxylic acid groups (broad SMARTS) is 1. The summed E-state index contributed by atoms with van der Waals surface area (Å²) in [5.41, 5.74) is 3.22. The van der Waals surface area contributed by atoms with Crippen LogP contribution in [-0.4, -0.2) is 41.3 Å². The normalized spacial score (nSPS) is 16.2. The highest BCUT2D eigenvalue weighted by atomic mass is 16.5. The molecule has 0 saturated heterocycles. The van der Waals surface area contributed by atoms with Gasteiger partial charge in [-0.1, -0.05) is 55.0 Å². The van der Waals surface area contributed by atoms with Gasteiger partial charge in [-0.3, -0.25) is 4.79 Å². The molecule has 0 bridgehead atoms. The summed E-state index contributed by atoms with van der Waals surface area (Å²) in [6, 6.07) is 15.9. The van der Waals surface area contributed by atoms with Gasteiger partial charge in [0.05, 0.1) is 0 Å². The van der Waals surface area contributed by atoms with Crippen molar-refractivity contribution >= 4 is 18.0 Å². The average molecular weight is 451 g/mol.